The molecular formula is C20H16F3NO4. The van der Waals surface area contributed by atoms with Crippen LogP contribution in [0.4, 0.5) is 13.2 Å². The number of benzene rings is 2. The highest BCUT2D eigenvalue weighted by atomic mass is 19.3. The summed E-state index contributed by atoms with van der Waals surface area (Å²) >= 11 is 0. The number of ether oxygens (including phenoxy) is 2. The summed E-state index contributed by atoms with van der Waals surface area (Å²) in [6.45, 7) is 0.200. The van der Waals surface area contributed by atoms with Gasteiger partial charge in [0.15, 0.2) is 11.6 Å². The van der Waals surface area contributed by atoms with Crippen LogP contribution in [0.3, 0.4) is 0 Å². The summed E-state index contributed by atoms with van der Waals surface area (Å²) in [6, 6.07) is 9.91. The molecule has 0 saturated heterocycles. The highest BCUT2D eigenvalue weighted by Crippen LogP contribution is 2.34. The van der Waals surface area contributed by atoms with Crippen LogP contribution < -0.4 is 9.47 Å². The van der Waals surface area contributed by atoms with Crippen molar-refractivity contribution < 1.29 is 32.5 Å². The minimum Gasteiger partial charge on any atom is -0.493 e. The second-order valence-corrected chi connectivity index (χ2v) is 5.61. The number of hydrogen-bond acceptors (Lipinski definition) is 4. The lowest BCUT2D eigenvalue weighted by Gasteiger charge is -2.19. The first-order chi connectivity index (χ1) is 13.3. The molecule has 0 heterocycles. The molecule has 0 saturated carbocycles. The summed E-state index contributed by atoms with van der Waals surface area (Å²) in [5.74, 6) is -2.69. The molecular weight excluding hydrogens is 375 g/mol. The van der Waals surface area contributed by atoms with E-state index in [1.54, 1.807) is 0 Å². The third-order valence-corrected chi connectivity index (χ3v) is 3.51. The molecule has 0 fully saturated rings. The number of nitrogens with zero attached hydrogens (tertiary/aromatic N) is 1. The fraction of sp³-hybridized carbons (Fsp3) is 0.200. The van der Waals surface area contributed by atoms with E-state index in [4.69, 9.17) is 15.1 Å². The van der Waals surface area contributed by atoms with Crippen LogP contribution in [0.2, 0.25) is 0 Å². The highest BCUT2D eigenvalue weighted by Gasteiger charge is 2.35. The Hall–Kier alpha value is -3.47. The fourth-order valence-electron chi connectivity index (χ4n) is 2.15. The number of hydrogen-bond donors (Lipinski definition) is 1. The number of aliphatic carboxylic acids is 1. The standard InChI is InChI=1S/C20H16F3NO4/c21-17-13-16(27-12-2-1-11-24)8-9-18(17)28-20(22,23)15-6-3-14(4-7-15)5-10-19(25)26/h3-10,13H,1-2,12H2,(H,25,26)/b10-5+. The van der Waals surface area contributed by atoms with Crippen LogP contribution in [-0.4, -0.2) is 17.7 Å². The van der Waals surface area contributed by atoms with E-state index in [1.807, 2.05) is 6.07 Å². The summed E-state index contributed by atoms with van der Waals surface area (Å²) in [6.07, 6.45) is -0.916. The molecule has 0 aliphatic heterocycles. The minimum atomic E-state index is -3.80. The molecule has 0 aromatic heterocycles. The third-order valence-electron chi connectivity index (χ3n) is 3.51. The lowest BCUT2D eigenvalue weighted by Crippen LogP contribution is -2.22. The van der Waals surface area contributed by atoms with E-state index in [9.17, 15) is 18.0 Å². The molecule has 0 aliphatic carbocycles. The molecule has 1 N–H and O–H groups in total. The van der Waals surface area contributed by atoms with E-state index in [-0.39, 0.29) is 12.4 Å². The van der Waals surface area contributed by atoms with Crippen molar-refractivity contribution >= 4 is 12.0 Å². The van der Waals surface area contributed by atoms with Crippen molar-refractivity contribution in [1.82, 2.24) is 0 Å². The van der Waals surface area contributed by atoms with E-state index in [1.165, 1.54) is 24.3 Å². The molecule has 2 aromatic carbocycles. The van der Waals surface area contributed by atoms with Crippen LogP contribution >= 0.6 is 0 Å². The van der Waals surface area contributed by atoms with Gasteiger partial charge < -0.3 is 14.6 Å². The smallest absolute Gasteiger partial charge is 0.426 e. The first-order valence-electron chi connectivity index (χ1n) is 8.19. The number of unbranched alkanes of at least 4 members (excludes halogenated alkanes) is 1. The third kappa shape index (κ3) is 6.06. The molecule has 0 radical (unpaired) electrons. The molecule has 8 heteroatoms. The Morgan fingerprint density at radius 2 is 1.93 bits per heavy atom. The van der Waals surface area contributed by atoms with Gasteiger partial charge >= 0.3 is 12.1 Å². The van der Waals surface area contributed by atoms with E-state index >= 15 is 0 Å². The molecule has 0 amide bonds. The highest BCUT2D eigenvalue weighted by molar-refractivity contribution is 5.85. The van der Waals surface area contributed by atoms with Gasteiger partial charge in [-0.25, -0.2) is 9.18 Å². The zero-order valence-electron chi connectivity index (χ0n) is 14.6. The van der Waals surface area contributed by atoms with Crippen LogP contribution in [0.15, 0.2) is 48.5 Å². The van der Waals surface area contributed by atoms with Gasteiger partial charge in [-0.2, -0.15) is 14.0 Å². The van der Waals surface area contributed by atoms with Gasteiger partial charge in [0.05, 0.1) is 18.2 Å². The normalized spacial score (nSPS) is 11.2. The zero-order valence-corrected chi connectivity index (χ0v) is 14.6. The van der Waals surface area contributed by atoms with Crippen molar-refractivity contribution in [2.24, 2.45) is 0 Å². The van der Waals surface area contributed by atoms with Crippen molar-refractivity contribution in [2.45, 2.75) is 19.0 Å². The quantitative estimate of drug-likeness (QED) is 0.494. The SMILES string of the molecule is N#CCCCOc1ccc(OC(F)(F)c2ccc(/C=C/C(=O)O)cc2)c(F)c1. The van der Waals surface area contributed by atoms with Crippen molar-refractivity contribution in [3.63, 3.8) is 0 Å². The monoisotopic (exact) mass is 391 g/mol. The Morgan fingerprint density at radius 1 is 1.21 bits per heavy atom. The second-order valence-electron chi connectivity index (χ2n) is 5.61. The van der Waals surface area contributed by atoms with Crippen LogP contribution in [0.1, 0.15) is 24.0 Å². The maximum atomic E-state index is 14.3. The number of halogens is 3. The molecule has 0 atom stereocenters. The number of nitriles is 1. The van der Waals surface area contributed by atoms with Gasteiger partial charge in [0.25, 0.3) is 0 Å². The Labute approximate surface area is 159 Å². The topological polar surface area (TPSA) is 79.5 Å². The molecule has 0 unspecified atom stereocenters. The summed E-state index contributed by atoms with van der Waals surface area (Å²) in [5.41, 5.74) is -0.109. The van der Waals surface area contributed by atoms with E-state index in [0.717, 1.165) is 30.3 Å². The summed E-state index contributed by atoms with van der Waals surface area (Å²) in [5, 5.41) is 17.0. The van der Waals surface area contributed by atoms with Crippen molar-refractivity contribution in [1.29, 1.82) is 5.26 Å². The summed E-state index contributed by atoms with van der Waals surface area (Å²) in [4.78, 5) is 10.5. The molecule has 28 heavy (non-hydrogen) atoms. The Bertz CT molecular complexity index is 889. The number of alkyl halides is 2. The largest absolute Gasteiger partial charge is 0.493 e. The maximum Gasteiger partial charge on any atom is 0.426 e. The van der Waals surface area contributed by atoms with Gasteiger partial charge in [-0.15, -0.1) is 0 Å². The zero-order chi connectivity index (χ0) is 20.6. The molecule has 0 bridgehead atoms. The van der Waals surface area contributed by atoms with Crippen molar-refractivity contribution in [3.05, 3.63) is 65.5 Å². The van der Waals surface area contributed by atoms with Crippen LogP contribution in [0.5, 0.6) is 11.5 Å². The molecule has 5 nitrogen and oxygen atoms in total. The number of carboxylic acid groups (broad SMARTS) is 1. The van der Waals surface area contributed by atoms with Gasteiger partial charge in [-0.05, 0) is 42.3 Å². The lowest BCUT2D eigenvalue weighted by atomic mass is 10.1. The Balaban J connectivity index is 2.06. The molecule has 146 valence electrons. The molecule has 2 aromatic rings. The maximum absolute atomic E-state index is 14.3. The average molecular weight is 391 g/mol. The average Bonchev–Trinajstić information content (AvgIpc) is 2.66. The Kier molecular flexibility index (Phi) is 7.04. The second kappa shape index (κ2) is 9.46. The number of carbonyl (C=O) groups is 1. The van der Waals surface area contributed by atoms with Gasteiger partial charge in [0.2, 0.25) is 0 Å². The first kappa shape index (κ1) is 20.8. The molecule has 2 rings (SSSR count). The van der Waals surface area contributed by atoms with Gasteiger partial charge in [0, 0.05) is 18.6 Å². The molecule has 0 aliphatic rings. The van der Waals surface area contributed by atoms with E-state index in [0.29, 0.717) is 18.4 Å². The van der Waals surface area contributed by atoms with Crippen molar-refractivity contribution in [2.75, 3.05) is 6.61 Å². The van der Waals surface area contributed by atoms with Crippen molar-refractivity contribution in [3.8, 4) is 17.6 Å². The minimum absolute atomic E-state index is 0.140. The van der Waals surface area contributed by atoms with Crippen LogP contribution in [-0.2, 0) is 10.9 Å². The summed E-state index contributed by atoms with van der Waals surface area (Å²) in [7, 11) is 0. The number of carboxylic acids is 1. The van der Waals surface area contributed by atoms with Gasteiger partial charge in [-0.3, -0.25) is 0 Å². The van der Waals surface area contributed by atoms with E-state index in [2.05, 4.69) is 4.74 Å². The number of rotatable bonds is 9. The van der Waals surface area contributed by atoms with Gasteiger partial charge in [0.1, 0.15) is 5.75 Å². The van der Waals surface area contributed by atoms with Crippen LogP contribution in [0.25, 0.3) is 6.08 Å². The van der Waals surface area contributed by atoms with E-state index < -0.39 is 29.2 Å². The molecule has 0 spiro atoms. The lowest BCUT2D eigenvalue weighted by molar-refractivity contribution is -0.187. The predicted molar refractivity (Wildman–Crippen MR) is 94.4 cm³/mol. The predicted octanol–water partition coefficient (Wildman–Crippen LogP) is 4.73. The first-order valence-corrected chi connectivity index (χ1v) is 8.19. The van der Waals surface area contributed by atoms with Crippen LogP contribution in [0, 0.1) is 17.1 Å². The fourth-order valence-corrected chi connectivity index (χ4v) is 2.15. The summed E-state index contributed by atoms with van der Waals surface area (Å²) < 4.78 is 52.4. The van der Waals surface area contributed by atoms with Gasteiger partial charge in [-0.1, -0.05) is 12.1 Å². The Morgan fingerprint density at radius 3 is 2.54 bits per heavy atom.